The summed E-state index contributed by atoms with van der Waals surface area (Å²) in [6.45, 7) is 0. The first-order chi connectivity index (χ1) is 7.25. The number of carbonyl (C=O) groups excluding carboxylic acids is 2. The van der Waals surface area contributed by atoms with Crippen molar-refractivity contribution >= 4 is 17.6 Å². The first-order valence-corrected chi connectivity index (χ1v) is 4.84. The van der Waals surface area contributed by atoms with Crippen molar-refractivity contribution < 1.29 is 14.3 Å². The van der Waals surface area contributed by atoms with Crippen LogP contribution < -0.4 is 0 Å². The highest BCUT2D eigenvalue weighted by Crippen LogP contribution is 2.56. The summed E-state index contributed by atoms with van der Waals surface area (Å²) in [7, 11) is 0. The molecule has 1 fully saturated rings. The quantitative estimate of drug-likeness (QED) is 0.462. The van der Waals surface area contributed by atoms with E-state index >= 15 is 0 Å². The van der Waals surface area contributed by atoms with E-state index in [0.717, 1.165) is 11.1 Å². The zero-order valence-corrected chi connectivity index (χ0v) is 7.69. The summed E-state index contributed by atoms with van der Waals surface area (Å²) in [5, 5.41) is 0. The molecule has 3 nitrogen and oxygen atoms in total. The fourth-order valence-corrected chi connectivity index (χ4v) is 2.63. The van der Waals surface area contributed by atoms with E-state index in [2.05, 4.69) is 0 Å². The second kappa shape index (κ2) is 1.95. The molecule has 0 amide bonds. The Bertz CT molecular complexity index is 570. The molecule has 1 spiro atoms. The van der Waals surface area contributed by atoms with E-state index in [0.29, 0.717) is 5.56 Å². The summed E-state index contributed by atoms with van der Waals surface area (Å²) in [6.07, 6.45) is 3.55. The van der Waals surface area contributed by atoms with Gasteiger partial charge in [-0.2, -0.15) is 0 Å². The van der Waals surface area contributed by atoms with Crippen molar-refractivity contribution in [2.45, 2.75) is 11.7 Å². The number of benzene rings is 1. The van der Waals surface area contributed by atoms with Crippen LogP contribution in [0.15, 0.2) is 24.3 Å². The summed E-state index contributed by atoms with van der Waals surface area (Å²) >= 11 is 0. The fraction of sp³-hybridized carbons (Fsp3) is 0.167. The number of epoxide rings is 1. The molecule has 3 aliphatic rings. The Labute approximate surface area is 85.4 Å². The number of carbonyl (C=O) groups is 2. The molecule has 2 aliphatic carbocycles. The molecular weight excluding hydrogens is 192 g/mol. The Hall–Kier alpha value is -1.74. The van der Waals surface area contributed by atoms with E-state index in [1.54, 1.807) is 12.1 Å². The number of rotatable bonds is 0. The summed E-state index contributed by atoms with van der Waals surface area (Å²) in [5.74, 6) is -0.808. The molecule has 1 aromatic carbocycles. The largest absolute Gasteiger partial charge is 0.347 e. The van der Waals surface area contributed by atoms with Crippen LogP contribution in [0.25, 0.3) is 6.08 Å². The van der Waals surface area contributed by atoms with Crippen molar-refractivity contribution in [3.05, 3.63) is 41.0 Å². The molecule has 1 saturated heterocycles. The highest BCUT2D eigenvalue weighted by Gasteiger charge is 2.70. The van der Waals surface area contributed by atoms with E-state index < -0.39 is 17.2 Å². The van der Waals surface area contributed by atoms with Crippen LogP contribution in [-0.2, 0) is 15.1 Å². The van der Waals surface area contributed by atoms with Gasteiger partial charge < -0.3 is 4.74 Å². The zero-order valence-electron chi connectivity index (χ0n) is 7.69. The van der Waals surface area contributed by atoms with Gasteiger partial charge >= 0.3 is 0 Å². The minimum atomic E-state index is -0.933. The van der Waals surface area contributed by atoms with Crippen molar-refractivity contribution in [2.75, 3.05) is 0 Å². The molecule has 1 heterocycles. The first kappa shape index (κ1) is 7.54. The molecule has 0 aromatic heterocycles. The van der Waals surface area contributed by atoms with Gasteiger partial charge in [-0.15, -0.1) is 0 Å². The van der Waals surface area contributed by atoms with Gasteiger partial charge in [0.15, 0.2) is 5.60 Å². The normalized spacial score (nSPS) is 34.0. The minimum Gasteiger partial charge on any atom is -0.347 e. The van der Waals surface area contributed by atoms with Gasteiger partial charge in [0, 0.05) is 11.1 Å². The molecular formula is C12H6O3. The topological polar surface area (TPSA) is 46.7 Å². The standard InChI is InChI=1S/C12H6O3/c13-10-7-3-1-2-6-4-5-8-12(15-8,9(6)7)11(10)14/h1-5,8H. The van der Waals surface area contributed by atoms with Gasteiger partial charge in [0.05, 0.1) is 0 Å². The molecule has 0 N–H and O–H groups in total. The van der Waals surface area contributed by atoms with E-state index in [-0.39, 0.29) is 6.10 Å². The van der Waals surface area contributed by atoms with Crippen LogP contribution in [0.5, 0.6) is 0 Å². The Morgan fingerprint density at radius 1 is 1.27 bits per heavy atom. The number of Topliss-reactive ketones (excluding diaryl/α,β-unsaturated/α-hetero) is 2. The smallest absolute Gasteiger partial charge is 0.242 e. The molecule has 0 bridgehead atoms. The number of ketones is 2. The molecule has 2 unspecified atom stereocenters. The molecule has 0 radical (unpaired) electrons. The Morgan fingerprint density at radius 2 is 2.13 bits per heavy atom. The lowest BCUT2D eigenvalue weighted by Crippen LogP contribution is -2.24. The number of hydrogen-bond acceptors (Lipinski definition) is 3. The molecule has 3 heteroatoms. The third kappa shape index (κ3) is 0.603. The van der Waals surface area contributed by atoms with E-state index in [1.807, 2.05) is 18.2 Å². The van der Waals surface area contributed by atoms with E-state index in [4.69, 9.17) is 4.74 Å². The molecule has 0 saturated carbocycles. The predicted molar refractivity (Wildman–Crippen MR) is 51.4 cm³/mol. The van der Waals surface area contributed by atoms with Crippen LogP contribution in [0, 0.1) is 0 Å². The predicted octanol–water partition coefficient (Wildman–Crippen LogP) is 1.07. The summed E-state index contributed by atoms with van der Waals surface area (Å²) in [5.41, 5.74) is 1.30. The van der Waals surface area contributed by atoms with Gasteiger partial charge in [0.25, 0.3) is 0 Å². The van der Waals surface area contributed by atoms with Crippen molar-refractivity contribution in [1.82, 2.24) is 0 Å². The van der Waals surface area contributed by atoms with E-state index in [9.17, 15) is 9.59 Å². The lowest BCUT2D eigenvalue weighted by atomic mass is 9.88. The van der Waals surface area contributed by atoms with Crippen molar-refractivity contribution in [1.29, 1.82) is 0 Å². The molecule has 72 valence electrons. The number of ether oxygens (including phenoxy) is 1. The van der Waals surface area contributed by atoms with Gasteiger partial charge in [0.1, 0.15) is 6.10 Å². The van der Waals surface area contributed by atoms with Gasteiger partial charge in [-0.1, -0.05) is 30.4 Å². The molecule has 4 rings (SSSR count). The van der Waals surface area contributed by atoms with Gasteiger partial charge in [-0.05, 0) is 5.56 Å². The van der Waals surface area contributed by atoms with Crippen LogP contribution >= 0.6 is 0 Å². The first-order valence-electron chi connectivity index (χ1n) is 4.84. The van der Waals surface area contributed by atoms with Crippen LogP contribution in [0.1, 0.15) is 21.5 Å². The molecule has 15 heavy (non-hydrogen) atoms. The average Bonchev–Trinajstić information content (AvgIpc) is 2.97. The van der Waals surface area contributed by atoms with Gasteiger partial charge in [0.2, 0.25) is 11.6 Å². The third-order valence-electron chi connectivity index (χ3n) is 3.36. The maximum atomic E-state index is 11.8. The monoisotopic (exact) mass is 198 g/mol. The second-order valence-electron chi connectivity index (χ2n) is 4.06. The van der Waals surface area contributed by atoms with Crippen molar-refractivity contribution in [3.63, 3.8) is 0 Å². The molecule has 1 aliphatic heterocycles. The lowest BCUT2D eigenvalue weighted by Gasteiger charge is -2.10. The number of hydrogen-bond donors (Lipinski definition) is 0. The van der Waals surface area contributed by atoms with Crippen LogP contribution in [0.2, 0.25) is 0 Å². The Kier molecular flexibility index (Phi) is 0.978. The summed E-state index contributed by atoms with van der Waals surface area (Å²) < 4.78 is 5.42. The highest BCUT2D eigenvalue weighted by molar-refractivity contribution is 6.51. The van der Waals surface area contributed by atoms with E-state index in [1.165, 1.54) is 0 Å². The molecule has 2 atom stereocenters. The summed E-state index contributed by atoms with van der Waals surface area (Å²) in [4.78, 5) is 23.6. The van der Waals surface area contributed by atoms with Crippen LogP contribution in [0.4, 0.5) is 0 Å². The lowest BCUT2D eigenvalue weighted by molar-refractivity contribution is -0.119. The van der Waals surface area contributed by atoms with Crippen LogP contribution in [0.3, 0.4) is 0 Å². The molecule has 1 aromatic rings. The second-order valence-corrected chi connectivity index (χ2v) is 4.06. The fourth-order valence-electron chi connectivity index (χ4n) is 2.63. The van der Waals surface area contributed by atoms with Crippen molar-refractivity contribution in [3.8, 4) is 0 Å². The average molecular weight is 198 g/mol. The third-order valence-corrected chi connectivity index (χ3v) is 3.36. The van der Waals surface area contributed by atoms with Crippen LogP contribution in [-0.4, -0.2) is 17.7 Å². The Balaban J connectivity index is 2.19. The minimum absolute atomic E-state index is 0.218. The highest BCUT2D eigenvalue weighted by atomic mass is 16.6. The maximum Gasteiger partial charge on any atom is 0.242 e. The van der Waals surface area contributed by atoms with Gasteiger partial charge in [-0.3, -0.25) is 9.59 Å². The Morgan fingerprint density at radius 3 is 3.00 bits per heavy atom. The van der Waals surface area contributed by atoms with Crippen molar-refractivity contribution in [2.24, 2.45) is 0 Å². The SMILES string of the molecule is O=C1C(=O)C23OC2C=Cc2cccc1c23. The summed E-state index contributed by atoms with van der Waals surface area (Å²) in [6, 6.07) is 5.40. The zero-order chi connectivity index (χ0) is 10.2. The maximum absolute atomic E-state index is 11.8. The van der Waals surface area contributed by atoms with Gasteiger partial charge in [-0.25, -0.2) is 0 Å².